The Hall–Kier alpha value is -4.24. The number of sulfone groups is 1. The summed E-state index contributed by atoms with van der Waals surface area (Å²) in [6.07, 6.45) is 3.59. The predicted octanol–water partition coefficient (Wildman–Crippen LogP) is 4.74. The Morgan fingerprint density at radius 3 is 2.61 bits per heavy atom. The highest BCUT2D eigenvalue weighted by molar-refractivity contribution is 7.90. The first kappa shape index (κ1) is 19.4. The predicted molar refractivity (Wildman–Crippen MR) is 124 cm³/mol. The van der Waals surface area contributed by atoms with Gasteiger partial charge in [-0.05, 0) is 47.5 Å². The summed E-state index contributed by atoms with van der Waals surface area (Å²) in [5, 5.41) is 17.2. The third kappa shape index (κ3) is 3.39. The Bertz CT molecular complexity index is 1720. The number of nitrogens with one attached hydrogen (secondary N) is 2. The quantitative estimate of drug-likeness (QED) is 0.388. The fourth-order valence-electron chi connectivity index (χ4n) is 4.02. The molecule has 0 saturated heterocycles. The van der Waals surface area contributed by atoms with E-state index >= 15 is 0 Å². The molecule has 3 heterocycles. The number of hydrogen-bond donors (Lipinski definition) is 2. The Kier molecular flexibility index (Phi) is 4.37. The summed E-state index contributed by atoms with van der Waals surface area (Å²) in [5.41, 5.74) is 4.51. The second-order valence-electron chi connectivity index (χ2n) is 7.67. The van der Waals surface area contributed by atoms with Crippen molar-refractivity contribution in [3.8, 4) is 22.6 Å². The molecule has 6 aromatic rings. The molecule has 0 amide bonds. The molecule has 0 aliphatic heterocycles. The van der Waals surface area contributed by atoms with Gasteiger partial charge in [-0.1, -0.05) is 30.3 Å². The molecular formula is C24H17N5O3S. The highest BCUT2D eigenvalue weighted by Crippen LogP contribution is 2.35. The Balaban J connectivity index is 1.43. The molecule has 0 aliphatic carbocycles. The minimum absolute atomic E-state index is 0.0311. The molecule has 3 aromatic heterocycles. The van der Waals surface area contributed by atoms with Crippen molar-refractivity contribution in [1.29, 1.82) is 0 Å². The molecule has 0 unspecified atom stereocenters. The average Bonchev–Trinajstić information content (AvgIpc) is 3.59. The van der Waals surface area contributed by atoms with E-state index in [0.29, 0.717) is 5.56 Å². The number of aromatic nitrogens is 5. The fraction of sp³-hybridized carbons (Fsp3) is 0.0417. The normalized spacial score (nSPS) is 12.0. The van der Waals surface area contributed by atoms with Crippen LogP contribution in [0.5, 0.6) is 0 Å². The van der Waals surface area contributed by atoms with Gasteiger partial charge in [-0.3, -0.25) is 5.10 Å². The monoisotopic (exact) mass is 455 g/mol. The van der Waals surface area contributed by atoms with Crippen molar-refractivity contribution in [2.45, 2.75) is 10.6 Å². The highest BCUT2D eigenvalue weighted by atomic mass is 32.2. The van der Waals surface area contributed by atoms with Gasteiger partial charge in [-0.25, -0.2) is 8.42 Å². The molecule has 33 heavy (non-hydrogen) atoms. The van der Waals surface area contributed by atoms with E-state index in [1.54, 1.807) is 36.5 Å². The molecule has 0 radical (unpaired) electrons. The summed E-state index contributed by atoms with van der Waals surface area (Å²) in [6.45, 7) is 0. The van der Waals surface area contributed by atoms with Crippen LogP contribution in [0.25, 0.3) is 44.4 Å². The molecule has 0 spiro atoms. The van der Waals surface area contributed by atoms with Gasteiger partial charge in [0.05, 0.1) is 22.2 Å². The minimum atomic E-state index is -3.60. The summed E-state index contributed by atoms with van der Waals surface area (Å²) in [4.78, 5) is 3.44. The van der Waals surface area contributed by atoms with Crippen LogP contribution in [-0.2, 0) is 15.6 Å². The van der Waals surface area contributed by atoms with Gasteiger partial charge in [-0.15, -0.1) is 10.2 Å². The second kappa shape index (κ2) is 7.42. The van der Waals surface area contributed by atoms with E-state index in [4.69, 9.17) is 4.42 Å². The highest BCUT2D eigenvalue weighted by Gasteiger charge is 2.21. The third-order valence-electron chi connectivity index (χ3n) is 5.58. The molecule has 9 heteroatoms. The summed E-state index contributed by atoms with van der Waals surface area (Å²) >= 11 is 0. The van der Waals surface area contributed by atoms with Gasteiger partial charge in [0.15, 0.2) is 9.84 Å². The lowest BCUT2D eigenvalue weighted by Crippen LogP contribution is -2.04. The van der Waals surface area contributed by atoms with Gasteiger partial charge in [0.2, 0.25) is 11.8 Å². The van der Waals surface area contributed by atoms with E-state index in [-0.39, 0.29) is 22.4 Å². The van der Waals surface area contributed by atoms with Crippen LogP contribution in [-0.4, -0.2) is 33.8 Å². The Morgan fingerprint density at radius 1 is 0.848 bits per heavy atom. The Morgan fingerprint density at radius 2 is 1.73 bits per heavy atom. The van der Waals surface area contributed by atoms with Gasteiger partial charge in [-0.2, -0.15) is 5.10 Å². The lowest BCUT2D eigenvalue weighted by molar-refractivity contribution is 0.518. The number of H-pyrrole nitrogens is 2. The summed E-state index contributed by atoms with van der Waals surface area (Å²) < 4.78 is 31.2. The van der Waals surface area contributed by atoms with Crippen LogP contribution in [0, 0.1) is 0 Å². The molecule has 0 fully saturated rings. The first-order valence-corrected chi connectivity index (χ1v) is 11.9. The van der Waals surface area contributed by atoms with Crippen LogP contribution < -0.4 is 0 Å². The lowest BCUT2D eigenvalue weighted by Gasteiger charge is -2.07. The van der Waals surface area contributed by atoms with Gasteiger partial charge in [0, 0.05) is 22.5 Å². The zero-order valence-corrected chi connectivity index (χ0v) is 18.0. The first-order chi connectivity index (χ1) is 16.1. The van der Waals surface area contributed by atoms with Crippen LogP contribution in [0.15, 0.2) is 88.4 Å². The number of hydrogen-bond acceptors (Lipinski definition) is 6. The van der Waals surface area contributed by atoms with Gasteiger partial charge in [0.25, 0.3) is 0 Å². The van der Waals surface area contributed by atoms with Crippen molar-refractivity contribution in [3.63, 3.8) is 0 Å². The molecule has 0 aliphatic rings. The molecule has 6 rings (SSSR count). The number of benzene rings is 3. The average molecular weight is 455 g/mol. The number of aromatic amines is 2. The van der Waals surface area contributed by atoms with E-state index in [1.807, 2.05) is 42.6 Å². The largest absolute Gasteiger partial charge is 0.420 e. The number of rotatable bonds is 5. The van der Waals surface area contributed by atoms with Gasteiger partial charge < -0.3 is 9.40 Å². The molecule has 8 nitrogen and oxygen atoms in total. The first-order valence-electron chi connectivity index (χ1n) is 10.2. The standard InChI is InChI=1S/C24H17N5O3S/c30-33(31,16-5-2-1-3-6-16)14-23-28-29-24(32-23)19-11-15(12-22-20(19)13-26-27-22)17-7-4-8-21-18(17)9-10-25-21/h1-13,25H,14H2,(H,26,27). The van der Waals surface area contributed by atoms with Crippen molar-refractivity contribution in [1.82, 2.24) is 25.4 Å². The molecule has 0 saturated carbocycles. The Labute approximate surface area is 188 Å². The van der Waals surface area contributed by atoms with Crippen LogP contribution in [0.3, 0.4) is 0 Å². The maximum absolute atomic E-state index is 12.7. The maximum atomic E-state index is 12.7. The van der Waals surface area contributed by atoms with E-state index in [0.717, 1.165) is 32.9 Å². The summed E-state index contributed by atoms with van der Waals surface area (Å²) in [5.74, 6) is -0.104. The van der Waals surface area contributed by atoms with Crippen LogP contribution in [0.4, 0.5) is 0 Å². The van der Waals surface area contributed by atoms with Gasteiger partial charge >= 0.3 is 0 Å². The van der Waals surface area contributed by atoms with Crippen molar-refractivity contribution in [3.05, 3.63) is 85.0 Å². The smallest absolute Gasteiger partial charge is 0.248 e. The zero-order valence-electron chi connectivity index (χ0n) is 17.2. The van der Waals surface area contributed by atoms with Crippen LogP contribution in [0.2, 0.25) is 0 Å². The number of fused-ring (bicyclic) bond motifs is 2. The minimum Gasteiger partial charge on any atom is -0.420 e. The van der Waals surface area contributed by atoms with E-state index in [1.165, 1.54) is 0 Å². The molecule has 0 atom stereocenters. The fourth-order valence-corrected chi connectivity index (χ4v) is 5.20. The zero-order chi connectivity index (χ0) is 22.4. The van der Waals surface area contributed by atoms with Crippen molar-refractivity contribution >= 4 is 31.6 Å². The lowest BCUT2D eigenvalue weighted by atomic mass is 9.98. The van der Waals surface area contributed by atoms with Crippen molar-refractivity contribution in [2.24, 2.45) is 0 Å². The molecule has 162 valence electrons. The summed E-state index contributed by atoms with van der Waals surface area (Å²) in [7, 11) is -3.60. The van der Waals surface area contributed by atoms with E-state index < -0.39 is 9.84 Å². The SMILES string of the molecule is O=S(=O)(Cc1nnc(-c2cc(-c3cccc4[nH]ccc34)cc3[nH]ncc23)o1)c1ccccc1. The van der Waals surface area contributed by atoms with Crippen molar-refractivity contribution < 1.29 is 12.8 Å². The summed E-state index contributed by atoms with van der Waals surface area (Å²) in [6, 6.07) is 20.3. The van der Waals surface area contributed by atoms with Crippen LogP contribution >= 0.6 is 0 Å². The third-order valence-corrected chi connectivity index (χ3v) is 7.20. The molecule has 2 N–H and O–H groups in total. The van der Waals surface area contributed by atoms with Crippen molar-refractivity contribution in [2.75, 3.05) is 0 Å². The second-order valence-corrected chi connectivity index (χ2v) is 9.66. The van der Waals surface area contributed by atoms with E-state index in [9.17, 15) is 8.42 Å². The van der Waals surface area contributed by atoms with E-state index in [2.05, 4.69) is 25.4 Å². The van der Waals surface area contributed by atoms with Crippen LogP contribution in [0.1, 0.15) is 5.89 Å². The topological polar surface area (TPSA) is 118 Å². The van der Waals surface area contributed by atoms with Gasteiger partial charge in [0.1, 0.15) is 5.75 Å². The number of nitrogens with zero attached hydrogens (tertiary/aromatic N) is 3. The maximum Gasteiger partial charge on any atom is 0.248 e. The molecule has 0 bridgehead atoms. The molecule has 3 aromatic carbocycles. The molecular weight excluding hydrogens is 438 g/mol.